The van der Waals surface area contributed by atoms with Gasteiger partial charge in [-0.05, 0) is 51.0 Å². The van der Waals surface area contributed by atoms with Gasteiger partial charge in [-0.2, -0.15) is 0 Å². The first-order valence-electron chi connectivity index (χ1n) is 7.85. The molecule has 1 fully saturated rings. The van der Waals surface area contributed by atoms with Crippen molar-refractivity contribution in [1.82, 2.24) is 5.32 Å². The van der Waals surface area contributed by atoms with E-state index in [0.29, 0.717) is 17.9 Å². The molecule has 1 heterocycles. The monoisotopic (exact) mass is 321 g/mol. The molecule has 1 aromatic rings. The van der Waals surface area contributed by atoms with Gasteiger partial charge in [0.1, 0.15) is 12.4 Å². The lowest BCUT2D eigenvalue weighted by molar-refractivity contribution is -0.141. The molecular formula is C17H23NO5. The zero-order chi connectivity index (χ0) is 16.8. The second kappa shape index (κ2) is 7.97. The number of aliphatic carboxylic acids is 1. The van der Waals surface area contributed by atoms with Crippen molar-refractivity contribution in [1.29, 1.82) is 0 Å². The van der Waals surface area contributed by atoms with Gasteiger partial charge in [0.25, 0.3) is 5.91 Å². The van der Waals surface area contributed by atoms with E-state index in [1.165, 1.54) is 0 Å². The summed E-state index contributed by atoms with van der Waals surface area (Å²) in [6.45, 7) is 4.55. The molecule has 0 radical (unpaired) electrons. The Morgan fingerprint density at radius 2 is 2.04 bits per heavy atom. The normalized spacial score (nSPS) is 19.8. The molecule has 0 bridgehead atoms. The predicted molar refractivity (Wildman–Crippen MR) is 84.6 cm³/mol. The first kappa shape index (κ1) is 17.3. The lowest BCUT2D eigenvalue weighted by Gasteiger charge is -2.18. The van der Waals surface area contributed by atoms with Crippen LogP contribution in [0.15, 0.2) is 24.3 Å². The topological polar surface area (TPSA) is 84.9 Å². The van der Waals surface area contributed by atoms with Gasteiger partial charge in [-0.3, -0.25) is 9.59 Å². The van der Waals surface area contributed by atoms with Crippen LogP contribution in [0.3, 0.4) is 0 Å². The first-order chi connectivity index (χ1) is 11.0. The Balaban J connectivity index is 1.85. The highest BCUT2D eigenvalue weighted by Gasteiger charge is 2.21. The summed E-state index contributed by atoms with van der Waals surface area (Å²) in [7, 11) is 0. The summed E-state index contributed by atoms with van der Waals surface area (Å²) >= 11 is 0. The second-order valence-corrected chi connectivity index (χ2v) is 5.86. The molecule has 1 aliphatic heterocycles. The third-order valence-corrected chi connectivity index (χ3v) is 4.07. The molecule has 3 atom stereocenters. The van der Waals surface area contributed by atoms with E-state index in [1.807, 2.05) is 0 Å². The maximum Gasteiger partial charge on any atom is 0.308 e. The molecular weight excluding hydrogens is 298 g/mol. The van der Waals surface area contributed by atoms with Crippen LogP contribution in [-0.4, -0.2) is 42.3 Å². The minimum absolute atomic E-state index is 0.149. The van der Waals surface area contributed by atoms with Gasteiger partial charge in [0.05, 0.1) is 12.0 Å². The van der Waals surface area contributed by atoms with Crippen LogP contribution in [0.1, 0.15) is 37.0 Å². The van der Waals surface area contributed by atoms with Gasteiger partial charge >= 0.3 is 5.97 Å². The third kappa shape index (κ3) is 4.96. The van der Waals surface area contributed by atoms with Gasteiger partial charge in [0.15, 0.2) is 0 Å². The van der Waals surface area contributed by atoms with E-state index in [-0.39, 0.29) is 12.0 Å². The molecule has 6 nitrogen and oxygen atoms in total. The number of carbonyl (C=O) groups is 2. The zero-order valence-electron chi connectivity index (χ0n) is 13.5. The molecule has 2 rings (SSSR count). The fourth-order valence-corrected chi connectivity index (χ4v) is 2.30. The number of nitrogens with one attached hydrogen (secondary N) is 1. The van der Waals surface area contributed by atoms with E-state index in [9.17, 15) is 9.59 Å². The number of carboxylic acids is 1. The zero-order valence-corrected chi connectivity index (χ0v) is 13.5. The van der Waals surface area contributed by atoms with Crippen LogP contribution >= 0.6 is 0 Å². The van der Waals surface area contributed by atoms with E-state index >= 15 is 0 Å². The highest BCUT2D eigenvalue weighted by molar-refractivity contribution is 5.94. The molecule has 23 heavy (non-hydrogen) atoms. The number of amides is 1. The fraction of sp³-hybridized carbons (Fsp3) is 0.529. The summed E-state index contributed by atoms with van der Waals surface area (Å²) in [5, 5.41) is 11.6. The number of hydrogen-bond acceptors (Lipinski definition) is 4. The Kier molecular flexibility index (Phi) is 5.98. The molecule has 1 aliphatic rings. The Morgan fingerprint density at radius 1 is 1.35 bits per heavy atom. The molecule has 0 spiro atoms. The molecule has 6 heteroatoms. The van der Waals surface area contributed by atoms with Crippen LogP contribution in [0, 0.1) is 5.92 Å². The number of ether oxygens (including phenoxy) is 2. The van der Waals surface area contributed by atoms with Crippen molar-refractivity contribution in [2.45, 2.75) is 38.8 Å². The molecule has 0 aromatic heterocycles. The molecule has 1 aromatic carbocycles. The van der Waals surface area contributed by atoms with Crippen LogP contribution in [0.2, 0.25) is 0 Å². The standard InChI is InChI=1S/C17H23NO5/c1-11(17(20)21)12(2)18-16(19)13-5-7-14(8-6-13)23-10-15-4-3-9-22-15/h5-8,11-12,15H,3-4,9-10H2,1-2H3,(H,18,19)(H,20,21). The van der Waals surface area contributed by atoms with E-state index in [0.717, 1.165) is 19.4 Å². The van der Waals surface area contributed by atoms with Crippen molar-refractivity contribution >= 4 is 11.9 Å². The molecule has 0 saturated carbocycles. The van der Waals surface area contributed by atoms with Crippen molar-refractivity contribution in [2.24, 2.45) is 5.92 Å². The molecule has 0 aliphatic carbocycles. The second-order valence-electron chi connectivity index (χ2n) is 5.86. The first-order valence-corrected chi connectivity index (χ1v) is 7.85. The number of carboxylic acid groups (broad SMARTS) is 1. The summed E-state index contributed by atoms with van der Waals surface area (Å²) in [5.74, 6) is -1.19. The maximum atomic E-state index is 12.1. The summed E-state index contributed by atoms with van der Waals surface area (Å²) < 4.78 is 11.1. The van der Waals surface area contributed by atoms with Gasteiger partial charge in [-0.15, -0.1) is 0 Å². The van der Waals surface area contributed by atoms with Crippen LogP contribution in [-0.2, 0) is 9.53 Å². The maximum absolute atomic E-state index is 12.1. The van der Waals surface area contributed by atoms with E-state index in [2.05, 4.69) is 5.32 Å². The molecule has 3 unspecified atom stereocenters. The van der Waals surface area contributed by atoms with Crippen LogP contribution in [0.4, 0.5) is 0 Å². The van der Waals surface area contributed by atoms with Gasteiger partial charge in [-0.25, -0.2) is 0 Å². The summed E-state index contributed by atoms with van der Waals surface area (Å²) in [6, 6.07) is 6.34. The lowest BCUT2D eigenvalue weighted by Crippen LogP contribution is -2.40. The highest BCUT2D eigenvalue weighted by atomic mass is 16.5. The van der Waals surface area contributed by atoms with Crippen LogP contribution < -0.4 is 10.1 Å². The van der Waals surface area contributed by atoms with E-state index in [1.54, 1.807) is 38.1 Å². The van der Waals surface area contributed by atoms with Gasteiger partial charge in [0, 0.05) is 18.2 Å². The van der Waals surface area contributed by atoms with Crippen molar-refractivity contribution in [3.8, 4) is 5.75 Å². The predicted octanol–water partition coefficient (Wildman–Crippen LogP) is 2.08. The van der Waals surface area contributed by atoms with Crippen molar-refractivity contribution in [3.05, 3.63) is 29.8 Å². The Hall–Kier alpha value is -2.08. The molecule has 2 N–H and O–H groups in total. The average Bonchev–Trinajstić information content (AvgIpc) is 3.05. The van der Waals surface area contributed by atoms with Gasteiger partial charge in [-0.1, -0.05) is 0 Å². The number of hydrogen-bond donors (Lipinski definition) is 2. The molecule has 126 valence electrons. The van der Waals surface area contributed by atoms with Crippen molar-refractivity contribution in [2.75, 3.05) is 13.2 Å². The number of benzene rings is 1. The number of carbonyl (C=O) groups excluding carboxylic acids is 1. The van der Waals surface area contributed by atoms with Crippen molar-refractivity contribution < 1.29 is 24.2 Å². The Labute approximate surface area is 135 Å². The molecule has 1 amide bonds. The summed E-state index contributed by atoms with van der Waals surface area (Å²) in [5.41, 5.74) is 0.471. The Morgan fingerprint density at radius 3 is 2.61 bits per heavy atom. The van der Waals surface area contributed by atoms with Crippen LogP contribution in [0.5, 0.6) is 5.75 Å². The smallest absolute Gasteiger partial charge is 0.308 e. The minimum Gasteiger partial charge on any atom is -0.491 e. The summed E-state index contributed by atoms with van der Waals surface area (Å²) in [6.07, 6.45) is 2.23. The lowest BCUT2D eigenvalue weighted by atomic mass is 10.0. The van der Waals surface area contributed by atoms with Crippen LogP contribution in [0.25, 0.3) is 0 Å². The molecule has 1 saturated heterocycles. The van der Waals surface area contributed by atoms with Crippen molar-refractivity contribution in [3.63, 3.8) is 0 Å². The highest BCUT2D eigenvalue weighted by Crippen LogP contribution is 2.17. The van der Waals surface area contributed by atoms with Gasteiger partial charge in [0.2, 0.25) is 0 Å². The quantitative estimate of drug-likeness (QED) is 0.803. The van der Waals surface area contributed by atoms with E-state index in [4.69, 9.17) is 14.6 Å². The number of rotatable bonds is 7. The fourth-order valence-electron chi connectivity index (χ4n) is 2.30. The van der Waals surface area contributed by atoms with E-state index < -0.39 is 17.9 Å². The minimum atomic E-state index is -0.935. The summed E-state index contributed by atoms with van der Waals surface area (Å²) in [4.78, 5) is 23.0. The Bertz CT molecular complexity index is 536. The SMILES string of the molecule is CC(NC(=O)c1ccc(OCC2CCCO2)cc1)C(C)C(=O)O. The third-order valence-electron chi connectivity index (χ3n) is 4.07. The average molecular weight is 321 g/mol. The largest absolute Gasteiger partial charge is 0.491 e. The van der Waals surface area contributed by atoms with Gasteiger partial charge < -0.3 is 19.9 Å².